The Morgan fingerprint density at radius 3 is 2.38 bits per heavy atom. The lowest BCUT2D eigenvalue weighted by molar-refractivity contribution is -0.128. The maximum Gasteiger partial charge on any atom is 0.336 e. The molecule has 2 aromatic carbocycles. The SMILES string of the molecule is COc1cc(/C=C/C(=O)Oc2ccc(C)cc2)ccc1OC(C)C. The minimum atomic E-state index is -0.430. The maximum absolute atomic E-state index is 11.9. The zero-order valence-corrected chi connectivity index (χ0v) is 14.4. The lowest BCUT2D eigenvalue weighted by Crippen LogP contribution is -2.06. The van der Waals surface area contributed by atoms with Gasteiger partial charge >= 0.3 is 5.97 Å². The van der Waals surface area contributed by atoms with Crippen LogP contribution in [0.2, 0.25) is 0 Å². The Hall–Kier alpha value is -2.75. The number of methoxy groups -OCH3 is 1. The fourth-order valence-electron chi connectivity index (χ4n) is 2.06. The predicted molar refractivity (Wildman–Crippen MR) is 94.6 cm³/mol. The topological polar surface area (TPSA) is 44.8 Å². The van der Waals surface area contributed by atoms with E-state index in [2.05, 4.69) is 0 Å². The molecular weight excluding hydrogens is 304 g/mol. The number of benzene rings is 2. The summed E-state index contributed by atoms with van der Waals surface area (Å²) in [5.74, 6) is 1.39. The predicted octanol–water partition coefficient (Wildman–Crippen LogP) is 4.41. The van der Waals surface area contributed by atoms with Crippen molar-refractivity contribution >= 4 is 12.0 Å². The molecule has 0 amide bonds. The zero-order chi connectivity index (χ0) is 17.5. The van der Waals surface area contributed by atoms with Crippen molar-refractivity contribution in [2.24, 2.45) is 0 Å². The maximum atomic E-state index is 11.9. The van der Waals surface area contributed by atoms with E-state index in [1.807, 2.05) is 51.1 Å². The molecule has 2 rings (SSSR count). The third-order valence-corrected chi connectivity index (χ3v) is 3.20. The minimum Gasteiger partial charge on any atom is -0.493 e. The number of hydrogen-bond acceptors (Lipinski definition) is 4. The molecule has 24 heavy (non-hydrogen) atoms. The molecule has 0 N–H and O–H groups in total. The van der Waals surface area contributed by atoms with E-state index in [4.69, 9.17) is 14.2 Å². The van der Waals surface area contributed by atoms with Gasteiger partial charge in [-0.3, -0.25) is 0 Å². The molecule has 0 aliphatic heterocycles. The van der Waals surface area contributed by atoms with Crippen molar-refractivity contribution in [2.75, 3.05) is 7.11 Å². The summed E-state index contributed by atoms with van der Waals surface area (Å²) in [7, 11) is 1.58. The fraction of sp³-hybridized carbons (Fsp3) is 0.250. The molecule has 0 aromatic heterocycles. The van der Waals surface area contributed by atoms with Gasteiger partial charge in [0.15, 0.2) is 11.5 Å². The first kappa shape index (κ1) is 17.6. The van der Waals surface area contributed by atoms with Crippen LogP contribution < -0.4 is 14.2 Å². The minimum absolute atomic E-state index is 0.0600. The lowest BCUT2D eigenvalue weighted by atomic mass is 10.2. The van der Waals surface area contributed by atoms with Crippen LogP contribution in [0.25, 0.3) is 6.08 Å². The molecular formula is C20H22O4. The highest BCUT2D eigenvalue weighted by molar-refractivity contribution is 5.88. The molecule has 0 radical (unpaired) electrons. The standard InChI is InChI=1S/C20H22O4/c1-14(2)23-18-11-7-16(13-19(18)22-4)8-12-20(21)24-17-9-5-15(3)6-10-17/h5-14H,1-4H3/b12-8+. The molecule has 126 valence electrons. The van der Waals surface area contributed by atoms with Crippen LogP contribution in [-0.4, -0.2) is 19.2 Å². The highest BCUT2D eigenvalue weighted by Gasteiger charge is 2.07. The van der Waals surface area contributed by atoms with Gasteiger partial charge in [0.2, 0.25) is 0 Å². The number of ether oxygens (including phenoxy) is 3. The molecule has 0 unspecified atom stereocenters. The summed E-state index contributed by atoms with van der Waals surface area (Å²) in [6.07, 6.45) is 3.13. The van der Waals surface area contributed by atoms with Crippen molar-refractivity contribution in [1.82, 2.24) is 0 Å². The van der Waals surface area contributed by atoms with Gasteiger partial charge in [0.25, 0.3) is 0 Å². The number of aryl methyl sites for hydroxylation is 1. The van der Waals surface area contributed by atoms with E-state index in [0.29, 0.717) is 17.2 Å². The Morgan fingerprint density at radius 1 is 1.04 bits per heavy atom. The van der Waals surface area contributed by atoms with Crippen molar-refractivity contribution in [2.45, 2.75) is 26.9 Å². The molecule has 2 aromatic rings. The summed E-state index contributed by atoms with van der Waals surface area (Å²) in [6.45, 7) is 5.88. The van der Waals surface area contributed by atoms with Crippen molar-refractivity contribution in [3.63, 3.8) is 0 Å². The third kappa shape index (κ3) is 5.16. The summed E-state index contributed by atoms with van der Waals surface area (Å²) in [5.41, 5.74) is 1.94. The molecule has 0 fully saturated rings. The van der Waals surface area contributed by atoms with Crippen LogP contribution in [0.1, 0.15) is 25.0 Å². The van der Waals surface area contributed by atoms with Crippen molar-refractivity contribution < 1.29 is 19.0 Å². The number of rotatable bonds is 6. The van der Waals surface area contributed by atoms with E-state index >= 15 is 0 Å². The summed E-state index contributed by atoms with van der Waals surface area (Å²) in [6, 6.07) is 12.8. The van der Waals surface area contributed by atoms with Crippen LogP contribution in [0, 0.1) is 6.92 Å². The first-order chi connectivity index (χ1) is 11.5. The van der Waals surface area contributed by atoms with Crippen molar-refractivity contribution in [1.29, 1.82) is 0 Å². The van der Waals surface area contributed by atoms with Gasteiger partial charge in [0, 0.05) is 6.08 Å². The van der Waals surface area contributed by atoms with Crippen molar-refractivity contribution in [3.8, 4) is 17.2 Å². The van der Waals surface area contributed by atoms with Gasteiger partial charge in [-0.2, -0.15) is 0 Å². The van der Waals surface area contributed by atoms with E-state index in [0.717, 1.165) is 11.1 Å². The molecule has 0 aliphatic carbocycles. The number of hydrogen-bond donors (Lipinski definition) is 0. The summed E-state index contributed by atoms with van der Waals surface area (Å²) >= 11 is 0. The molecule has 0 heterocycles. The zero-order valence-electron chi connectivity index (χ0n) is 14.4. The van der Waals surface area contributed by atoms with Gasteiger partial charge < -0.3 is 14.2 Å². The smallest absolute Gasteiger partial charge is 0.336 e. The van der Waals surface area contributed by atoms with E-state index in [1.54, 1.807) is 25.3 Å². The van der Waals surface area contributed by atoms with Crippen LogP contribution >= 0.6 is 0 Å². The molecule has 0 aliphatic rings. The molecule has 0 saturated carbocycles. The summed E-state index contributed by atoms with van der Waals surface area (Å²) in [4.78, 5) is 11.9. The van der Waals surface area contributed by atoms with Gasteiger partial charge in [0.05, 0.1) is 13.2 Å². The van der Waals surface area contributed by atoms with Crippen LogP contribution in [0.15, 0.2) is 48.5 Å². The van der Waals surface area contributed by atoms with E-state index < -0.39 is 5.97 Å². The Labute approximate surface area is 142 Å². The number of esters is 1. The van der Waals surface area contributed by atoms with E-state index in [9.17, 15) is 4.79 Å². The quantitative estimate of drug-likeness (QED) is 0.448. The highest BCUT2D eigenvalue weighted by atomic mass is 16.5. The monoisotopic (exact) mass is 326 g/mol. The Kier molecular flexibility index (Phi) is 6.01. The molecule has 0 atom stereocenters. The van der Waals surface area contributed by atoms with Crippen LogP contribution in [-0.2, 0) is 4.79 Å². The van der Waals surface area contributed by atoms with E-state index in [-0.39, 0.29) is 6.10 Å². The summed E-state index contributed by atoms with van der Waals surface area (Å²) in [5, 5.41) is 0. The highest BCUT2D eigenvalue weighted by Crippen LogP contribution is 2.29. The first-order valence-corrected chi connectivity index (χ1v) is 7.79. The van der Waals surface area contributed by atoms with Crippen LogP contribution in [0.3, 0.4) is 0 Å². The van der Waals surface area contributed by atoms with E-state index in [1.165, 1.54) is 6.08 Å². The van der Waals surface area contributed by atoms with Gasteiger partial charge in [-0.05, 0) is 56.7 Å². The molecule has 0 saturated heterocycles. The lowest BCUT2D eigenvalue weighted by Gasteiger charge is -2.13. The second-order valence-corrected chi connectivity index (χ2v) is 5.64. The fourth-order valence-corrected chi connectivity index (χ4v) is 2.06. The second-order valence-electron chi connectivity index (χ2n) is 5.64. The van der Waals surface area contributed by atoms with Gasteiger partial charge in [0.1, 0.15) is 5.75 Å². The number of carbonyl (C=O) groups is 1. The number of carbonyl (C=O) groups excluding carboxylic acids is 1. The molecule has 0 bridgehead atoms. The average molecular weight is 326 g/mol. The molecule has 0 spiro atoms. The third-order valence-electron chi connectivity index (χ3n) is 3.20. The average Bonchev–Trinajstić information content (AvgIpc) is 2.55. The van der Waals surface area contributed by atoms with Gasteiger partial charge in [-0.1, -0.05) is 23.8 Å². The normalized spacial score (nSPS) is 10.9. The van der Waals surface area contributed by atoms with Crippen molar-refractivity contribution in [3.05, 3.63) is 59.7 Å². The first-order valence-electron chi connectivity index (χ1n) is 7.79. The Bertz CT molecular complexity index is 715. The largest absolute Gasteiger partial charge is 0.493 e. The van der Waals surface area contributed by atoms with Gasteiger partial charge in [-0.15, -0.1) is 0 Å². The van der Waals surface area contributed by atoms with Crippen LogP contribution in [0.5, 0.6) is 17.2 Å². The molecule has 4 nitrogen and oxygen atoms in total. The Morgan fingerprint density at radius 2 is 1.75 bits per heavy atom. The summed E-state index contributed by atoms with van der Waals surface area (Å²) < 4.78 is 16.2. The second kappa shape index (κ2) is 8.20. The Balaban J connectivity index is 2.05. The van der Waals surface area contributed by atoms with Crippen LogP contribution in [0.4, 0.5) is 0 Å². The molecule has 4 heteroatoms. The van der Waals surface area contributed by atoms with Gasteiger partial charge in [-0.25, -0.2) is 4.79 Å².